The van der Waals surface area contributed by atoms with E-state index in [0.717, 1.165) is 10.7 Å². The minimum absolute atomic E-state index is 0.328. The highest BCUT2D eigenvalue weighted by Gasteiger charge is 2.09. The largest absolute Gasteiger partial charge is 0.366 e. The van der Waals surface area contributed by atoms with Crippen LogP contribution < -0.4 is 5.73 Å². The zero-order chi connectivity index (χ0) is 9.54. The van der Waals surface area contributed by atoms with Gasteiger partial charge in [-0.1, -0.05) is 6.07 Å². The lowest BCUT2D eigenvalue weighted by atomic mass is 10.4. The number of rotatable bonds is 1. The number of fused-ring (bicyclic) bond motifs is 1. The van der Waals surface area contributed by atoms with E-state index in [1.165, 1.54) is 4.88 Å². The molecule has 3 heterocycles. The van der Waals surface area contributed by atoms with E-state index in [0.29, 0.717) is 5.95 Å². The molecule has 3 rings (SSSR count). The van der Waals surface area contributed by atoms with Crippen molar-refractivity contribution in [1.82, 2.24) is 14.6 Å². The van der Waals surface area contributed by atoms with Gasteiger partial charge in [-0.25, -0.2) is 4.52 Å². The molecule has 2 N–H and O–H groups in total. The van der Waals surface area contributed by atoms with Crippen molar-refractivity contribution in [3.8, 4) is 10.6 Å². The minimum Gasteiger partial charge on any atom is -0.366 e. The number of anilines is 1. The highest BCUT2D eigenvalue weighted by atomic mass is 32.1. The van der Waals surface area contributed by atoms with E-state index in [-0.39, 0.29) is 0 Å². The van der Waals surface area contributed by atoms with Gasteiger partial charge in [0.25, 0.3) is 0 Å². The molecular weight excluding hydrogens is 216 g/mol. The number of nitrogens with zero attached hydrogens (tertiary/aromatic N) is 3. The summed E-state index contributed by atoms with van der Waals surface area (Å²) >= 11 is 3.23. The Hall–Kier alpha value is -1.40. The number of aromatic nitrogens is 3. The average molecular weight is 222 g/mol. The number of thiophene rings is 1. The first-order chi connectivity index (χ1) is 6.84. The van der Waals surface area contributed by atoms with E-state index < -0.39 is 0 Å². The average Bonchev–Trinajstić information content (AvgIpc) is 2.77. The second-order valence-electron chi connectivity index (χ2n) is 2.76. The summed E-state index contributed by atoms with van der Waals surface area (Å²) in [7, 11) is 0. The Balaban J connectivity index is 2.31. The van der Waals surface area contributed by atoms with Crippen LogP contribution in [0.1, 0.15) is 0 Å². The predicted molar refractivity (Wildman–Crippen MR) is 58.6 cm³/mol. The fourth-order valence-electron chi connectivity index (χ4n) is 1.29. The smallest absolute Gasteiger partial charge is 0.241 e. The first-order valence-electron chi connectivity index (χ1n) is 3.98. The zero-order valence-electron chi connectivity index (χ0n) is 7.04. The molecule has 6 heteroatoms. The summed E-state index contributed by atoms with van der Waals surface area (Å²) in [6.07, 6.45) is 0. The standard InChI is InChI=1S/C8H6N4S2/c9-7-10-8-12(11-7)5(4-14-8)6-2-1-3-13-6/h1-4H,(H2,9,11). The number of nitrogens with two attached hydrogens (primary N) is 1. The van der Waals surface area contributed by atoms with Crippen LogP contribution in [0.25, 0.3) is 15.5 Å². The molecule has 3 aromatic rings. The van der Waals surface area contributed by atoms with Crippen LogP contribution in [0.3, 0.4) is 0 Å². The quantitative estimate of drug-likeness (QED) is 0.686. The molecule has 0 radical (unpaired) electrons. The van der Waals surface area contributed by atoms with Crippen LogP contribution in [-0.2, 0) is 0 Å². The Morgan fingerprint density at radius 2 is 2.29 bits per heavy atom. The third-order valence-corrected chi connectivity index (χ3v) is 3.58. The lowest BCUT2D eigenvalue weighted by molar-refractivity contribution is 0.995. The van der Waals surface area contributed by atoms with Gasteiger partial charge in [-0.15, -0.1) is 27.8 Å². The number of nitrogen functional groups attached to an aromatic ring is 1. The van der Waals surface area contributed by atoms with Gasteiger partial charge in [0.2, 0.25) is 10.9 Å². The molecule has 3 aromatic heterocycles. The van der Waals surface area contributed by atoms with Crippen LogP contribution in [0.15, 0.2) is 22.9 Å². The van der Waals surface area contributed by atoms with Gasteiger partial charge in [-0.05, 0) is 11.4 Å². The van der Waals surface area contributed by atoms with Crippen molar-refractivity contribution in [2.45, 2.75) is 0 Å². The van der Waals surface area contributed by atoms with Crippen molar-refractivity contribution in [2.24, 2.45) is 0 Å². The van der Waals surface area contributed by atoms with Gasteiger partial charge in [0.15, 0.2) is 0 Å². The van der Waals surface area contributed by atoms with Gasteiger partial charge in [-0.3, -0.25) is 0 Å². The van der Waals surface area contributed by atoms with Crippen LogP contribution >= 0.6 is 22.7 Å². The summed E-state index contributed by atoms with van der Waals surface area (Å²) in [6.45, 7) is 0. The lowest BCUT2D eigenvalue weighted by Crippen LogP contribution is -1.89. The fraction of sp³-hybridized carbons (Fsp3) is 0. The summed E-state index contributed by atoms with van der Waals surface area (Å²) in [5.74, 6) is 0.328. The summed E-state index contributed by atoms with van der Waals surface area (Å²) in [5, 5.41) is 8.21. The fourth-order valence-corrected chi connectivity index (χ4v) is 2.92. The first-order valence-corrected chi connectivity index (χ1v) is 5.74. The van der Waals surface area contributed by atoms with Crippen LogP contribution in [0.4, 0.5) is 5.95 Å². The van der Waals surface area contributed by atoms with E-state index in [9.17, 15) is 0 Å². The predicted octanol–water partition coefficient (Wildman–Crippen LogP) is 2.10. The van der Waals surface area contributed by atoms with Crippen LogP contribution in [0.5, 0.6) is 0 Å². The third kappa shape index (κ3) is 1.04. The van der Waals surface area contributed by atoms with Crippen molar-refractivity contribution in [3.05, 3.63) is 22.9 Å². The molecule has 0 amide bonds. The van der Waals surface area contributed by atoms with Gasteiger partial charge in [0, 0.05) is 5.38 Å². The van der Waals surface area contributed by atoms with Gasteiger partial charge in [0.1, 0.15) is 0 Å². The molecule has 0 atom stereocenters. The Morgan fingerprint density at radius 3 is 3.07 bits per heavy atom. The maximum absolute atomic E-state index is 5.52. The first kappa shape index (κ1) is 7.95. The van der Waals surface area contributed by atoms with E-state index in [2.05, 4.69) is 16.1 Å². The van der Waals surface area contributed by atoms with E-state index >= 15 is 0 Å². The second kappa shape index (κ2) is 2.79. The minimum atomic E-state index is 0.328. The molecule has 0 aliphatic carbocycles. The van der Waals surface area contributed by atoms with E-state index in [1.54, 1.807) is 27.2 Å². The van der Waals surface area contributed by atoms with Gasteiger partial charge in [-0.2, -0.15) is 4.98 Å². The SMILES string of the molecule is Nc1nc2scc(-c3cccs3)n2n1. The molecule has 0 aliphatic rings. The Bertz CT molecular complexity index is 563. The van der Waals surface area contributed by atoms with Gasteiger partial charge < -0.3 is 5.73 Å². The lowest BCUT2D eigenvalue weighted by Gasteiger charge is -1.90. The summed E-state index contributed by atoms with van der Waals surface area (Å²) in [4.78, 5) is 6.12. The summed E-state index contributed by atoms with van der Waals surface area (Å²) in [5.41, 5.74) is 6.58. The molecule has 0 fully saturated rings. The Morgan fingerprint density at radius 1 is 1.36 bits per heavy atom. The van der Waals surface area contributed by atoms with Gasteiger partial charge in [0.05, 0.1) is 10.6 Å². The summed E-state index contributed by atoms with van der Waals surface area (Å²) < 4.78 is 1.78. The molecule has 0 aromatic carbocycles. The number of hydrogen-bond donors (Lipinski definition) is 1. The topological polar surface area (TPSA) is 56.2 Å². The molecule has 70 valence electrons. The number of thiazole rings is 1. The molecular formula is C8H6N4S2. The summed E-state index contributed by atoms with van der Waals surface area (Å²) in [6, 6.07) is 4.08. The van der Waals surface area contributed by atoms with Gasteiger partial charge >= 0.3 is 0 Å². The molecule has 14 heavy (non-hydrogen) atoms. The van der Waals surface area contributed by atoms with Crippen molar-refractivity contribution in [3.63, 3.8) is 0 Å². The van der Waals surface area contributed by atoms with Crippen LogP contribution in [0, 0.1) is 0 Å². The molecule has 0 bridgehead atoms. The van der Waals surface area contributed by atoms with Crippen molar-refractivity contribution >= 4 is 33.6 Å². The monoisotopic (exact) mass is 222 g/mol. The Kier molecular flexibility index (Phi) is 1.59. The van der Waals surface area contributed by atoms with Crippen LogP contribution in [-0.4, -0.2) is 14.6 Å². The van der Waals surface area contributed by atoms with Crippen molar-refractivity contribution in [1.29, 1.82) is 0 Å². The second-order valence-corrected chi connectivity index (χ2v) is 4.55. The maximum Gasteiger partial charge on any atom is 0.241 e. The molecule has 0 spiro atoms. The molecule has 0 unspecified atom stereocenters. The van der Waals surface area contributed by atoms with Crippen LogP contribution in [0.2, 0.25) is 0 Å². The third-order valence-electron chi connectivity index (χ3n) is 1.87. The highest BCUT2D eigenvalue weighted by molar-refractivity contribution is 7.16. The molecule has 4 nitrogen and oxygen atoms in total. The number of hydrogen-bond acceptors (Lipinski definition) is 5. The van der Waals surface area contributed by atoms with Crippen molar-refractivity contribution in [2.75, 3.05) is 5.73 Å². The molecule has 0 saturated heterocycles. The van der Waals surface area contributed by atoms with E-state index in [1.807, 2.05) is 16.8 Å². The normalized spacial score (nSPS) is 11.1. The van der Waals surface area contributed by atoms with Crippen molar-refractivity contribution < 1.29 is 0 Å². The molecule has 0 saturated carbocycles. The highest BCUT2D eigenvalue weighted by Crippen LogP contribution is 2.28. The maximum atomic E-state index is 5.52. The zero-order valence-corrected chi connectivity index (χ0v) is 8.68. The molecule has 0 aliphatic heterocycles. The Labute approximate surface area is 87.6 Å². The van der Waals surface area contributed by atoms with E-state index in [4.69, 9.17) is 5.73 Å².